The molecule has 0 aromatic carbocycles. The fraction of sp³-hybridized carbons (Fsp3) is 0.600. The molecule has 0 spiro atoms. The molecular formula is C10H15F3N4O2. The number of halogens is 3. The molecule has 0 radical (unpaired) electrons. The van der Waals surface area contributed by atoms with Gasteiger partial charge in [-0.2, -0.15) is 13.2 Å². The minimum atomic E-state index is -4.67. The Bertz CT molecular complexity index is 408. The molecule has 0 aliphatic heterocycles. The Kier molecular flexibility index (Phi) is 5.31. The second-order valence-electron chi connectivity index (χ2n) is 3.81. The first-order chi connectivity index (χ1) is 8.86. The molecule has 19 heavy (non-hydrogen) atoms. The van der Waals surface area contributed by atoms with E-state index in [0.29, 0.717) is 6.42 Å². The third kappa shape index (κ3) is 4.87. The Morgan fingerprint density at radius 2 is 2.16 bits per heavy atom. The van der Waals surface area contributed by atoms with Gasteiger partial charge >= 0.3 is 6.18 Å². The van der Waals surface area contributed by atoms with E-state index in [1.165, 1.54) is 13.2 Å². The molecule has 0 bridgehead atoms. The van der Waals surface area contributed by atoms with E-state index >= 15 is 0 Å². The molecule has 0 fully saturated rings. The second kappa shape index (κ2) is 6.53. The summed E-state index contributed by atoms with van der Waals surface area (Å²) in [5.74, 6) is -1.66. The molecule has 1 atom stereocenters. The predicted octanol–water partition coefficient (Wildman–Crippen LogP) is 0.887. The normalized spacial score (nSPS) is 13.3. The van der Waals surface area contributed by atoms with Crippen LogP contribution < -0.4 is 11.1 Å². The first-order valence-electron chi connectivity index (χ1n) is 5.45. The highest BCUT2D eigenvalue weighted by atomic mass is 19.4. The number of hydrogen-bond acceptors (Lipinski definition) is 6. The Morgan fingerprint density at radius 1 is 1.47 bits per heavy atom. The first kappa shape index (κ1) is 15.4. The number of alkyl halides is 3. The lowest BCUT2D eigenvalue weighted by molar-refractivity contribution is -0.144. The van der Waals surface area contributed by atoms with Crippen LogP contribution in [-0.2, 0) is 10.9 Å². The molecule has 6 nitrogen and oxygen atoms in total. The lowest BCUT2D eigenvalue weighted by Crippen LogP contribution is -2.27. The van der Waals surface area contributed by atoms with Crippen molar-refractivity contribution in [2.45, 2.75) is 18.6 Å². The monoisotopic (exact) mass is 280 g/mol. The van der Waals surface area contributed by atoms with E-state index < -0.39 is 12.0 Å². The number of nitrogens with one attached hydrogen (secondary N) is 1. The van der Waals surface area contributed by atoms with Crippen LogP contribution in [0.4, 0.5) is 24.8 Å². The van der Waals surface area contributed by atoms with Crippen molar-refractivity contribution in [3.05, 3.63) is 11.9 Å². The number of nitrogen functional groups attached to an aromatic ring is 1. The van der Waals surface area contributed by atoms with Crippen LogP contribution in [0.25, 0.3) is 0 Å². The van der Waals surface area contributed by atoms with Gasteiger partial charge in [0.15, 0.2) is 0 Å². The Hall–Kier alpha value is -1.61. The molecule has 1 unspecified atom stereocenters. The summed E-state index contributed by atoms with van der Waals surface area (Å²) in [4.78, 5) is 6.47. The highest BCUT2D eigenvalue weighted by Crippen LogP contribution is 2.27. The van der Waals surface area contributed by atoms with Crippen molar-refractivity contribution >= 4 is 11.6 Å². The van der Waals surface area contributed by atoms with Crippen molar-refractivity contribution in [3.63, 3.8) is 0 Å². The molecule has 4 N–H and O–H groups in total. The highest BCUT2D eigenvalue weighted by Gasteiger charge is 2.35. The summed E-state index contributed by atoms with van der Waals surface area (Å²) in [5.41, 5.74) is 5.31. The van der Waals surface area contributed by atoms with E-state index in [0.717, 1.165) is 0 Å². The van der Waals surface area contributed by atoms with E-state index in [2.05, 4.69) is 15.3 Å². The van der Waals surface area contributed by atoms with E-state index in [4.69, 9.17) is 15.6 Å². The third-order valence-corrected chi connectivity index (χ3v) is 2.20. The summed E-state index contributed by atoms with van der Waals surface area (Å²) < 4.78 is 42.4. The van der Waals surface area contributed by atoms with Gasteiger partial charge in [-0.1, -0.05) is 0 Å². The number of aliphatic hydroxyl groups is 1. The number of rotatable bonds is 6. The maximum absolute atomic E-state index is 12.5. The Balaban J connectivity index is 2.90. The molecule has 9 heteroatoms. The van der Waals surface area contributed by atoms with E-state index in [9.17, 15) is 13.2 Å². The number of nitrogens with two attached hydrogens (primary N) is 1. The van der Waals surface area contributed by atoms with Gasteiger partial charge < -0.3 is 20.9 Å². The molecule has 1 aromatic rings. The number of methoxy groups -OCH3 is 1. The number of hydrogen-bond donors (Lipinski definition) is 3. The van der Waals surface area contributed by atoms with Gasteiger partial charge in [-0.3, -0.25) is 0 Å². The van der Waals surface area contributed by atoms with Crippen molar-refractivity contribution < 1.29 is 23.0 Å². The number of ether oxygens (including phenoxy) is 1. The molecule has 108 valence electrons. The SMILES string of the molecule is COCC(CCO)Nc1cc(N)nc(C(F)(F)F)n1. The van der Waals surface area contributed by atoms with Crippen LogP contribution in [0.3, 0.4) is 0 Å². The van der Waals surface area contributed by atoms with E-state index in [1.807, 2.05) is 0 Å². The molecule has 0 saturated carbocycles. The minimum absolute atomic E-state index is 0.0599. The van der Waals surface area contributed by atoms with Crippen LogP contribution in [0.5, 0.6) is 0 Å². The number of nitrogens with zero attached hydrogens (tertiary/aromatic N) is 2. The van der Waals surface area contributed by atoms with Gasteiger partial charge in [0.1, 0.15) is 11.6 Å². The van der Waals surface area contributed by atoms with Crippen molar-refractivity contribution in [1.82, 2.24) is 9.97 Å². The maximum atomic E-state index is 12.5. The van der Waals surface area contributed by atoms with Crippen molar-refractivity contribution in [2.24, 2.45) is 0 Å². The maximum Gasteiger partial charge on any atom is 0.451 e. The molecular weight excluding hydrogens is 265 g/mol. The summed E-state index contributed by atoms with van der Waals surface area (Å²) in [6.45, 7) is 0.0829. The topological polar surface area (TPSA) is 93.3 Å². The standard InChI is InChI=1S/C10H15F3N4O2/c1-19-5-6(2-3-18)15-8-4-7(14)16-9(17-8)10(11,12)13/h4,6,18H,2-3,5H2,1H3,(H3,14,15,16,17). The lowest BCUT2D eigenvalue weighted by Gasteiger charge is -2.18. The minimum Gasteiger partial charge on any atom is -0.396 e. The summed E-state index contributed by atoms with van der Waals surface area (Å²) in [5, 5.41) is 11.6. The first-order valence-corrected chi connectivity index (χ1v) is 5.45. The van der Waals surface area contributed by atoms with E-state index in [-0.39, 0.29) is 30.9 Å². The van der Waals surface area contributed by atoms with Crippen molar-refractivity contribution in [3.8, 4) is 0 Å². The second-order valence-corrected chi connectivity index (χ2v) is 3.81. The lowest BCUT2D eigenvalue weighted by atomic mass is 10.2. The summed E-state index contributed by atoms with van der Waals surface area (Å²) >= 11 is 0. The summed E-state index contributed by atoms with van der Waals surface area (Å²) in [6.07, 6.45) is -4.36. The van der Waals surface area contributed by atoms with Crippen LogP contribution >= 0.6 is 0 Å². The molecule has 0 aliphatic carbocycles. The van der Waals surface area contributed by atoms with Gasteiger partial charge in [0.25, 0.3) is 0 Å². The van der Waals surface area contributed by atoms with Crippen LogP contribution in [0.1, 0.15) is 12.2 Å². The number of aliphatic hydroxyl groups excluding tert-OH is 1. The number of anilines is 2. The Labute approximate surface area is 107 Å². The van der Waals surface area contributed by atoms with Crippen molar-refractivity contribution in [2.75, 3.05) is 31.4 Å². The molecule has 0 saturated heterocycles. The summed E-state index contributed by atoms with van der Waals surface area (Å²) in [7, 11) is 1.45. The van der Waals surface area contributed by atoms with Gasteiger partial charge in [0, 0.05) is 19.8 Å². The smallest absolute Gasteiger partial charge is 0.396 e. The van der Waals surface area contributed by atoms with Gasteiger partial charge in [0.05, 0.1) is 12.6 Å². The van der Waals surface area contributed by atoms with Crippen LogP contribution in [0.15, 0.2) is 6.07 Å². The van der Waals surface area contributed by atoms with E-state index in [1.54, 1.807) is 0 Å². The zero-order valence-electron chi connectivity index (χ0n) is 10.2. The van der Waals surface area contributed by atoms with Crippen molar-refractivity contribution in [1.29, 1.82) is 0 Å². The molecule has 1 aromatic heterocycles. The Morgan fingerprint density at radius 3 is 2.68 bits per heavy atom. The average molecular weight is 280 g/mol. The molecule has 0 amide bonds. The molecule has 1 heterocycles. The fourth-order valence-corrected chi connectivity index (χ4v) is 1.43. The van der Waals surface area contributed by atoms with Gasteiger partial charge in [-0.25, -0.2) is 9.97 Å². The molecule has 0 aliphatic rings. The van der Waals surface area contributed by atoms with Gasteiger partial charge in [-0.05, 0) is 6.42 Å². The zero-order chi connectivity index (χ0) is 14.5. The highest BCUT2D eigenvalue weighted by molar-refractivity contribution is 5.45. The quantitative estimate of drug-likeness (QED) is 0.716. The zero-order valence-corrected chi connectivity index (χ0v) is 10.2. The van der Waals surface area contributed by atoms with Gasteiger partial charge in [0.2, 0.25) is 5.82 Å². The van der Waals surface area contributed by atoms with Crippen LogP contribution in [-0.4, -0.2) is 41.4 Å². The van der Waals surface area contributed by atoms with Crippen LogP contribution in [0, 0.1) is 0 Å². The largest absolute Gasteiger partial charge is 0.451 e. The predicted molar refractivity (Wildman–Crippen MR) is 62.4 cm³/mol. The molecule has 1 rings (SSSR count). The fourth-order valence-electron chi connectivity index (χ4n) is 1.43. The number of aromatic nitrogens is 2. The summed E-state index contributed by atoms with van der Waals surface area (Å²) in [6, 6.07) is 0.820. The van der Waals surface area contributed by atoms with Gasteiger partial charge in [-0.15, -0.1) is 0 Å². The van der Waals surface area contributed by atoms with Crippen LogP contribution in [0.2, 0.25) is 0 Å². The third-order valence-electron chi connectivity index (χ3n) is 2.20. The average Bonchev–Trinajstić information content (AvgIpc) is 2.27.